The van der Waals surface area contributed by atoms with E-state index in [0.717, 1.165) is 48.9 Å². The lowest BCUT2D eigenvalue weighted by molar-refractivity contribution is 0.0730. The third kappa shape index (κ3) is 5.50. The smallest absolute Gasteiger partial charge is 0.346 e. The van der Waals surface area contributed by atoms with Crippen molar-refractivity contribution in [3.05, 3.63) is 83.3 Å². The third-order valence-electron chi connectivity index (χ3n) is 4.80. The highest BCUT2D eigenvalue weighted by atomic mass is 19.1. The van der Waals surface area contributed by atoms with Crippen molar-refractivity contribution in [1.82, 2.24) is 4.98 Å². The first-order chi connectivity index (χ1) is 14.1. The van der Waals surface area contributed by atoms with Crippen molar-refractivity contribution in [2.24, 2.45) is 0 Å². The molecule has 29 heavy (non-hydrogen) atoms. The third-order valence-corrected chi connectivity index (χ3v) is 4.80. The van der Waals surface area contributed by atoms with Crippen LogP contribution >= 0.6 is 0 Å². The van der Waals surface area contributed by atoms with Gasteiger partial charge in [-0.1, -0.05) is 38.8 Å². The van der Waals surface area contributed by atoms with Crippen LogP contribution in [0.15, 0.2) is 60.8 Å². The van der Waals surface area contributed by atoms with E-state index in [9.17, 15) is 9.18 Å². The van der Waals surface area contributed by atoms with E-state index in [-0.39, 0.29) is 5.56 Å². The van der Waals surface area contributed by atoms with Crippen LogP contribution < -0.4 is 4.74 Å². The number of benzene rings is 2. The maximum Gasteiger partial charge on any atom is 0.346 e. The molecular formula is C25H26FNO2. The second-order valence-corrected chi connectivity index (χ2v) is 7.13. The van der Waals surface area contributed by atoms with Crippen LogP contribution in [-0.2, 0) is 12.8 Å². The minimum atomic E-state index is -0.695. The second kappa shape index (κ2) is 9.97. The molecular weight excluding hydrogens is 365 g/mol. The van der Waals surface area contributed by atoms with Crippen LogP contribution in [0.5, 0.6) is 5.75 Å². The van der Waals surface area contributed by atoms with Crippen molar-refractivity contribution in [2.75, 3.05) is 0 Å². The summed E-state index contributed by atoms with van der Waals surface area (Å²) in [5.74, 6) is -0.869. The molecule has 0 aliphatic rings. The Bertz CT molecular complexity index is 950. The Kier molecular flexibility index (Phi) is 7.12. The summed E-state index contributed by atoms with van der Waals surface area (Å²) in [6.07, 6.45) is 6.82. The normalized spacial score (nSPS) is 10.7. The van der Waals surface area contributed by atoms with Crippen molar-refractivity contribution < 1.29 is 13.9 Å². The number of aryl methyl sites for hydroxylation is 2. The number of hydrogen-bond acceptors (Lipinski definition) is 3. The van der Waals surface area contributed by atoms with Crippen LogP contribution in [0.25, 0.3) is 11.3 Å². The molecule has 0 N–H and O–H groups in total. The summed E-state index contributed by atoms with van der Waals surface area (Å²) >= 11 is 0. The van der Waals surface area contributed by atoms with E-state index in [1.165, 1.54) is 17.7 Å². The number of pyridine rings is 1. The fourth-order valence-corrected chi connectivity index (χ4v) is 3.15. The molecule has 0 atom stereocenters. The minimum absolute atomic E-state index is 0.0532. The largest absolute Gasteiger partial charge is 0.423 e. The minimum Gasteiger partial charge on any atom is -0.423 e. The van der Waals surface area contributed by atoms with Crippen LogP contribution in [0.1, 0.15) is 54.6 Å². The lowest BCUT2D eigenvalue weighted by atomic mass is 10.1. The van der Waals surface area contributed by atoms with Crippen molar-refractivity contribution in [3.8, 4) is 17.0 Å². The van der Waals surface area contributed by atoms with Crippen LogP contribution in [-0.4, -0.2) is 11.0 Å². The maximum absolute atomic E-state index is 14.3. The lowest BCUT2D eigenvalue weighted by Gasteiger charge is -2.08. The highest BCUT2D eigenvalue weighted by Crippen LogP contribution is 2.22. The molecule has 1 heterocycles. The Morgan fingerprint density at radius 3 is 2.31 bits per heavy atom. The Labute approximate surface area is 171 Å². The highest BCUT2D eigenvalue weighted by molar-refractivity contribution is 5.91. The fourth-order valence-electron chi connectivity index (χ4n) is 3.15. The summed E-state index contributed by atoms with van der Waals surface area (Å²) in [5, 5.41) is 0. The molecule has 0 amide bonds. The molecule has 3 nitrogen and oxygen atoms in total. The van der Waals surface area contributed by atoms with Gasteiger partial charge in [-0.15, -0.1) is 0 Å². The Morgan fingerprint density at radius 1 is 0.931 bits per heavy atom. The Balaban J connectivity index is 1.67. The average Bonchev–Trinajstić information content (AvgIpc) is 2.73. The van der Waals surface area contributed by atoms with Crippen LogP contribution in [0.3, 0.4) is 0 Å². The van der Waals surface area contributed by atoms with E-state index < -0.39 is 11.8 Å². The molecule has 4 heteroatoms. The molecule has 0 unspecified atom stereocenters. The van der Waals surface area contributed by atoms with Crippen molar-refractivity contribution >= 4 is 5.97 Å². The molecule has 0 saturated carbocycles. The molecule has 1 aromatic heterocycles. The van der Waals surface area contributed by atoms with Gasteiger partial charge in [0.1, 0.15) is 11.6 Å². The molecule has 0 spiro atoms. The van der Waals surface area contributed by atoms with E-state index in [1.807, 2.05) is 24.4 Å². The molecule has 0 radical (unpaired) electrons. The van der Waals surface area contributed by atoms with Gasteiger partial charge < -0.3 is 4.74 Å². The summed E-state index contributed by atoms with van der Waals surface area (Å²) in [7, 11) is 0. The van der Waals surface area contributed by atoms with Crippen molar-refractivity contribution in [3.63, 3.8) is 0 Å². The summed E-state index contributed by atoms with van der Waals surface area (Å²) in [6.45, 7) is 4.23. The zero-order valence-corrected chi connectivity index (χ0v) is 17.0. The molecule has 0 aliphatic carbocycles. The molecule has 0 bridgehead atoms. The first-order valence-electron chi connectivity index (χ1n) is 10.2. The van der Waals surface area contributed by atoms with E-state index in [0.29, 0.717) is 5.75 Å². The molecule has 0 aliphatic heterocycles. The molecule has 3 aromatic rings. The van der Waals surface area contributed by atoms with E-state index in [1.54, 1.807) is 18.2 Å². The van der Waals surface area contributed by atoms with E-state index in [2.05, 4.69) is 24.9 Å². The quantitative estimate of drug-likeness (QED) is 0.329. The average molecular weight is 391 g/mol. The predicted molar refractivity (Wildman–Crippen MR) is 114 cm³/mol. The monoisotopic (exact) mass is 391 g/mol. The zero-order chi connectivity index (χ0) is 20.6. The van der Waals surface area contributed by atoms with Crippen LogP contribution in [0, 0.1) is 5.82 Å². The number of halogens is 1. The lowest BCUT2D eigenvalue weighted by Crippen LogP contribution is -2.11. The summed E-state index contributed by atoms with van der Waals surface area (Å²) < 4.78 is 19.6. The van der Waals surface area contributed by atoms with Crippen LogP contribution in [0.2, 0.25) is 0 Å². The number of carbonyl (C=O) groups excluding carboxylic acids is 1. The number of hydrogen-bond donors (Lipinski definition) is 0. The Morgan fingerprint density at radius 2 is 1.69 bits per heavy atom. The second-order valence-electron chi connectivity index (χ2n) is 7.13. The number of unbranched alkanes of at least 4 members (excludes halogenated alkanes) is 1. The highest BCUT2D eigenvalue weighted by Gasteiger charge is 2.15. The van der Waals surface area contributed by atoms with Crippen LogP contribution in [0.4, 0.5) is 4.39 Å². The number of rotatable bonds is 8. The summed E-state index contributed by atoms with van der Waals surface area (Å²) in [6, 6.07) is 15.8. The van der Waals surface area contributed by atoms with Gasteiger partial charge in [-0.2, -0.15) is 0 Å². The van der Waals surface area contributed by atoms with E-state index >= 15 is 0 Å². The maximum atomic E-state index is 14.3. The van der Waals surface area contributed by atoms with Gasteiger partial charge >= 0.3 is 5.97 Å². The predicted octanol–water partition coefficient (Wildman–Crippen LogP) is 6.40. The van der Waals surface area contributed by atoms with Crippen molar-refractivity contribution in [2.45, 2.75) is 46.0 Å². The van der Waals surface area contributed by atoms with Gasteiger partial charge in [0.25, 0.3) is 0 Å². The summed E-state index contributed by atoms with van der Waals surface area (Å²) in [5.41, 5.74) is 3.84. The Hall–Kier alpha value is -3.01. The van der Waals surface area contributed by atoms with Crippen molar-refractivity contribution in [1.29, 1.82) is 0 Å². The number of esters is 1. The topological polar surface area (TPSA) is 39.2 Å². The van der Waals surface area contributed by atoms with Gasteiger partial charge in [0.2, 0.25) is 0 Å². The molecule has 150 valence electrons. The molecule has 3 rings (SSSR count). The first-order valence-corrected chi connectivity index (χ1v) is 10.2. The zero-order valence-electron chi connectivity index (χ0n) is 17.0. The fraction of sp³-hybridized carbons (Fsp3) is 0.280. The van der Waals surface area contributed by atoms with Gasteiger partial charge in [0.15, 0.2) is 0 Å². The van der Waals surface area contributed by atoms with Gasteiger partial charge in [0.05, 0.1) is 11.3 Å². The number of aromatic nitrogens is 1. The van der Waals surface area contributed by atoms with E-state index in [4.69, 9.17) is 4.74 Å². The number of ether oxygens (including phenoxy) is 1. The summed E-state index contributed by atoms with van der Waals surface area (Å²) in [4.78, 5) is 16.8. The van der Waals surface area contributed by atoms with Gasteiger partial charge in [-0.25, -0.2) is 9.18 Å². The van der Waals surface area contributed by atoms with Gasteiger partial charge in [-0.05, 0) is 72.9 Å². The SMILES string of the molecule is CCCCc1ccc(C(=O)Oc2ccc(-c3ccc(CCC)cn3)cc2)c(F)c1. The molecule has 2 aromatic carbocycles. The molecule has 0 fully saturated rings. The van der Waals surface area contributed by atoms with Gasteiger partial charge in [-0.3, -0.25) is 4.98 Å². The van der Waals surface area contributed by atoms with Gasteiger partial charge in [0, 0.05) is 11.8 Å². The first kappa shape index (κ1) is 20.7. The number of carbonyl (C=O) groups is 1. The number of nitrogens with zero attached hydrogens (tertiary/aromatic N) is 1. The standard InChI is InChI=1S/C25H26FNO2/c1-3-5-7-18-8-14-22(23(26)16-18)25(28)29-21-12-10-20(11-13-21)24-15-9-19(6-4-2)17-27-24/h8-17H,3-7H2,1-2H3. The molecule has 0 saturated heterocycles.